The molecular formula is C34H31N3O5. The quantitative estimate of drug-likeness (QED) is 0.144. The molecule has 2 heterocycles. The van der Waals surface area contributed by atoms with E-state index in [1.54, 1.807) is 42.7 Å². The first-order valence-electron chi connectivity index (χ1n) is 13.6. The number of hydrogen-bond acceptors (Lipinski definition) is 8. The van der Waals surface area contributed by atoms with E-state index >= 15 is 0 Å². The van der Waals surface area contributed by atoms with Gasteiger partial charge in [-0.1, -0.05) is 54.6 Å². The summed E-state index contributed by atoms with van der Waals surface area (Å²) in [6, 6.07) is 26.8. The monoisotopic (exact) mass is 561 g/mol. The summed E-state index contributed by atoms with van der Waals surface area (Å²) in [7, 11) is 1.35. The van der Waals surface area contributed by atoms with Crippen molar-refractivity contribution in [1.29, 1.82) is 0 Å². The molecule has 3 aromatic carbocycles. The lowest BCUT2D eigenvalue weighted by Gasteiger charge is -2.20. The average Bonchev–Trinajstić information content (AvgIpc) is 3.42. The number of pyridine rings is 1. The van der Waals surface area contributed by atoms with Crippen LogP contribution >= 0.6 is 0 Å². The van der Waals surface area contributed by atoms with E-state index in [-0.39, 0.29) is 5.78 Å². The highest BCUT2D eigenvalue weighted by molar-refractivity contribution is 6.12. The van der Waals surface area contributed by atoms with Crippen molar-refractivity contribution in [2.24, 2.45) is 0 Å². The minimum Gasteiger partial charge on any atom is -0.493 e. The summed E-state index contributed by atoms with van der Waals surface area (Å²) < 4.78 is 16.8. The second-order valence-electron chi connectivity index (χ2n) is 9.67. The van der Waals surface area contributed by atoms with Gasteiger partial charge in [-0.05, 0) is 48.9 Å². The molecule has 42 heavy (non-hydrogen) atoms. The van der Waals surface area contributed by atoms with Crippen LogP contribution in [0.15, 0.2) is 108 Å². The molecule has 0 amide bonds. The number of aromatic nitrogens is 2. The van der Waals surface area contributed by atoms with Crippen molar-refractivity contribution >= 4 is 17.4 Å². The molecule has 5 rings (SSSR count). The lowest BCUT2D eigenvalue weighted by atomic mass is 10.00. The summed E-state index contributed by atoms with van der Waals surface area (Å²) >= 11 is 0. The summed E-state index contributed by atoms with van der Waals surface area (Å²) in [5.41, 5.74) is 4.25. The lowest BCUT2D eigenvalue weighted by molar-refractivity contribution is -0.141. The molecule has 0 spiro atoms. The van der Waals surface area contributed by atoms with Crippen LogP contribution in [0.1, 0.15) is 32.9 Å². The zero-order valence-electron chi connectivity index (χ0n) is 23.4. The van der Waals surface area contributed by atoms with E-state index in [4.69, 9.17) is 13.9 Å². The standard InChI is InChI=1S/C34H31N3O5/c1-23-29(37-33(42-23)26-16-19-35-20-17-26)18-21-41-27-14-12-24(13-15-27)22-31(34(39)40-2)36-30-11-7-6-10-28(30)32(38)25-8-4-3-5-9-25/h3-17,19-20,31,36H,18,21-22H2,1-2H3. The Kier molecular flexibility index (Phi) is 9.03. The number of carbonyl (C=O) groups is 2. The van der Waals surface area contributed by atoms with Crippen molar-refractivity contribution in [3.63, 3.8) is 0 Å². The molecule has 212 valence electrons. The van der Waals surface area contributed by atoms with E-state index in [0.717, 1.165) is 22.6 Å². The van der Waals surface area contributed by atoms with Crippen LogP contribution in [0.3, 0.4) is 0 Å². The van der Waals surface area contributed by atoms with Gasteiger partial charge < -0.3 is 19.2 Å². The third kappa shape index (κ3) is 6.90. The minimum absolute atomic E-state index is 0.127. The molecule has 8 nitrogen and oxygen atoms in total. The zero-order chi connectivity index (χ0) is 29.3. The van der Waals surface area contributed by atoms with E-state index in [1.807, 2.05) is 67.6 Å². The maximum absolute atomic E-state index is 13.2. The molecule has 8 heteroatoms. The van der Waals surface area contributed by atoms with Crippen LogP contribution in [0.5, 0.6) is 5.75 Å². The van der Waals surface area contributed by atoms with Gasteiger partial charge in [0.15, 0.2) is 5.78 Å². The highest BCUT2D eigenvalue weighted by Gasteiger charge is 2.22. The largest absolute Gasteiger partial charge is 0.493 e. The van der Waals surface area contributed by atoms with E-state index in [9.17, 15) is 9.59 Å². The normalized spacial score (nSPS) is 11.5. The molecule has 0 bridgehead atoms. The van der Waals surface area contributed by atoms with E-state index in [2.05, 4.69) is 15.3 Å². The summed E-state index contributed by atoms with van der Waals surface area (Å²) in [6.07, 6.45) is 4.36. The number of anilines is 1. The Morgan fingerprint density at radius 1 is 0.905 bits per heavy atom. The van der Waals surface area contributed by atoms with Crippen molar-refractivity contribution in [2.45, 2.75) is 25.8 Å². The SMILES string of the molecule is COC(=O)C(Cc1ccc(OCCc2nc(-c3ccncc3)oc2C)cc1)Nc1ccccc1C(=O)c1ccccc1. The number of esters is 1. The Balaban J connectivity index is 1.21. The van der Waals surface area contributed by atoms with Gasteiger partial charge in [0.25, 0.3) is 0 Å². The first kappa shape index (κ1) is 28.3. The van der Waals surface area contributed by atoms with Crippen LogP contribution in [0, 0.1) is 6.92 Å². The minimum atomic E-state index is -0.698. The van der Waals surface area contributed by atoms with Crippen LogP contribution in [-0.4, -0.2) is 41.5 Å². The van der Waals surface area contributed by atoms with Gasteiger partial charge in [-0.15, -0.1) is 0 Å². The van der Waals surface area contributed by atoms with Crippen LogP contribution in [0.2, 0.25) is 0 Å². The maximum Gasteiger partial charge on any atom is 0.328 e. The smallest absolute Gasteiger partial charge is 0.328 e. The molecule has 1 unspecified atom stereocenters. The molecular weight excluding hydrogens is 530 g/mol. The second-order valence-corrected chi connectivity index (χ2v) is 9.67. The lowest BCUT2D eigenvalue weighted by Crippen LogP contribution is -2.33. The van der Waals surface area contributed by atoms with Gasteiger partial charge in [0, 0.05) is 47.6 Å². The van der Waals surface area contributed by atoms with Crippen LogP contribution in [0.4, 0.5) is 5.69 Å². The van der Waals surface area contributed by atoms with Gasteiger partial charge >= 0.3 is 5.97 Å². The molecule has 0 saturated carbocycles. The topological polar surface area (TPSA) is 104 Å². The maximum atomic E-state index is 13.2. The fraction of sp³-hybridized carbons (Fsp3) is 0.176. The van der Waals surface area contributed by atoms with E-state index in [0.29, 0.717) is 47.9 Å². The number of rotatable bonds is 12. The fourth-order valence-corrected chi connectivity index (χ4v) is 4.58. The Morgan fingerprint density at radius 3 is 2.36 bits per heavy atom. The molecule has 0 fully saturated rings. The van der Waals surface area contributed by atoms with Gasteiger partial charge in [-0.3, -0.25) is 9.78 Å². The summed E-state index contributed by atoms with van der Waals surface area (Å²) in [5, 5.41) is 3.24. The number of aryl methyl sites for hydroxylation is 1. The zero-order valence-corrected chi connectivity index (χ0v) is 23.4. The molecule has 5 aromatic rings. The summed E-state index contributed by atoms with van der Waals surface area (Å²) in [4.78, 5) is 34.5. The summed E-state index contributed by atoms with van der Waals surface area (Å²) in [6.45, 7) is 2.32. The van der Waals surface area contributed by atoms with Gasteiger partial charge in [0.2, 0.25) is 5.89 Å². The molecule has 0 aliphatic heterocycles. The van der Waals surface area contributed by atoms with E-state index in [1.165, 1.54) is 7.11 Å². The molecule has 2 aromatic heterocycles. The Morgan fingerprint density at radius 2 is 1.62 bits per heavy atom. The van der Waals surface area contributed by atoms with Crippen LogP contribution in [0.25, 0.3) is 11.5 Å². The highest BCUT2D eigenvalue weighted by Crippen LogP contribution is 2.23. The first-order valence-corrected chi connectivity index (χ1v) is 13.6. The Hall–Kier alpha value is -5.24. The van der Waals surface area contributed by atoms with Crippen LogP contribution in [-0.2, 0) is 22.4 Å². The van der Waals surface area contributed by atoms with Crippen molar-refractivity contribution in [1.82, 2.24) is 9.97 Å². The number of benzene rings is 3. The van der Waals surface area contributed by atoms with Crippen molar-refractivity contribution < 1.29 is 23.5 Å². The fourth-order valence-electron chi connectivity index (χ4n) is 4.58. The number of nitrogens with one attached hydrogen (secondary N) is 1. The van der Waals surface area contributed by atoms with Crippen LogP contribution < -0.4 is 10.1 Å². The Labute approximate surface area is 244 Å². The number of nitrogens with zero attached hydrogens (tertiary/aromatic N) is 2. The number of ether oxygens (including phenoxy) is 2. The number of carbonyl (C=O) groups excluding carboxylic acids is 2. The van der Waals surface area contributed by atoms with Gasteiger partial charge in [0.05, 0.1) is 19.4 Å². The third-order valence-corrected chi connectivity index (χ3v) is 6.81. The molecule has 0 radical (unpaired) electrons. The average molecular weight is 562 g/mol. The molecule has 1 N–H and O–H groups in total. The van der Waals surface area contributed by atoms with Gasteiger partial charge in [-0.25, -0.2) is 9.78 Å². The predicted molar refractivity (Wildman–Crippen MR) is 160 cm³/mol. The van der Waals surface area contributed by atoms with Gasteiger partial charge in [-0.2, -0.15) is 0 Å². The van der Waals surface area contributed by atoms with Gasteiger partial charge in [0.1, 0.15) is 17.6 Å². The third-order valence-electron chi connectivity index (χ3n) is 6.81. The highest BCUT2D eigenvalue weighted by atomic mass is 16.5. The number of hydrogen-bond donors (Lipinski definition) is 1. The van der Waals surface area contributed by atoms with Crippen molar-refractivity contribution in [3.8, 4) is 17.2 Å². The predicted octanol–water partition coefficient (Wildman–Crippen LogP) is 6.09. The second kappa shape index (κ2) is 13.4. The Bertz CT molecular complexity index is 1630. The number of ketones is 1. The molecule has 0 aliphatic rings. The number of methoxy groups -OCH3 is 1. The number of para-hydroxylation sites is 1. The summed E-state index contributed by atoms with van der Waals surface area (Å²) in [5.74, 6) is 1.48. The van der Waals surface area contributed by atoms with Crippen molar-refractivity contribution in [2.75, 3.05) is 19.0 Å². The number of oxazole rings is 1. The first-order chi connectivity index (χ1) is 20.5. The molecule has 1 atom stereocenters. The molecule has 0 aliphatic carbocycles. The van der Waals surface area contributed by atoms with Crippen molar-refractivity contribution in [3.05, 3.63) is 132 Å². The van der Waals surface area contributed by atoms with E-state index < -0.39 is 12.0 Å². The molecule has 0 saturated heterocycles.